The number of hydrogen-bond donors (Lipinski definition) is 0. The Morgan fingerprint density at radius 1 is 1.16 bits per heavy atom. The van der Waals surface area contributed by atoms with Crippen LogP contribution in [-0.4, -0.2) is 11.9 Å². The molecule has 98 valence electrons. The van der Waals surface area contributed by atoms with Crippen LogP contribution in [0.5, 0.6) is 0 Å². The van der Waals surface area contributed by atoms with E-state index in [1.54, 1.807) is 6.08 Å². The van der Waals surface area contributed by atoms with Crippen molar-refractivity contribution in [3.05, 3.63) is 54.6 Å². The Kier molecular flexibility index (Phi) is 4.29. The van der Waals surface area contributed by atoms with Gasteiger partial charge in [-0.15, -0.1) is 0 Å². The highest BCUT2D eigenvalue weighted by Gasteiger charge is 2.43. The van der Waals surface area contributed by atoms with E-state index in [2.05, 4.69) is 11.3 Å². The molecular weight excluding hydrogens is 240 g/mol. The monoisotopic (exact) mass is 256 g/mol. The van der Waals surface area contributed by atoms with Gasteiger partial charge < -0.3 is 4.74 Å². The summed E-state index contributed by atoms with van der Waals surface area (Å²) in [4.78, 5) is 21.9. The van der Waals surface area contributed by atoms with Crippen molar-refractivity contribution >= 4 is 18.0 Å². The number of fused-ring (bicyclic) bond motifs is 1. The van der Waals surface area contributed by atoms with Crippen LogP contribution in [0.15, 0.2) is 49.1 Å². The Balaban J connectivity index is 0.000000148. The second kappa shape index (κ2) is 6.14. The maximum atomic E-state index is 10.9. The van der Waals surface area contributed by atoms with Gasteiger partial charge in [0.25, 0.3) is 0 Å². The van der Waals surface area contributed by atoms with Gasteiger partial charge in [-0.25, -0.2) is 0 Å². The molecule has 19 heavy (non-hydrogen) atoms. The maximum absolute atomic E-state index is 10.9. The molecule has 0 radical (unpaired) electrons. The number of benzene rings is 1. The minimum atomic E-state index is -0.379. The molecule has 1 fully saturated rings. The molecule has 2 atom stereocenters. The summed E-state index contributed by atoms with van der Waals surface area (Å²) in [5.74, 6) is -1.19. The van der Waals surface area contributed by atoms with E-state index in [1.165, 1.54) is 5.56 Å². The summed E-state index contributed by atoms with van der Waals surface area (Å²) in [5, 5.41) is 0. The third kappa shape index (κ3) is 3.19. The molecule has 0 aromatic heterocycles. The van der Waals surface area contributed by atoms with E-state index in [9.17, 15) is 9.59 Å². The molecule has 0 amide bonds. The molecule has 3 nitrogen and oxygen atoms in total. The van der Waals surface area contributed by atoms with E-state index in [4.69, 9.17) is 0 Å². The zero-order valence-corrected chi connectivity index (χ0v) is 10.6. The summed E-state index contributed by atoms with van der Waals surface area (Å²) in [6, 6.07) is 10.0. The van der Waals surface area contributed by atoms with Crippen LogP contribution < -0.4 is 0 Å². The highest BCUT2D eigenvalue weighted by atomic mass is 16.6. The summed E-state index contributed by atoms with van der Waals surface area (Å²) in [6.45, 7) is 3.63. The average molecular weight is 256 g/mol. The molecule has 3 rings (SSSR count). The van der Waals surface area contributed by atoms with E-state index in [0.29, 0.717) is 0 Å². The van der Waals surface area contributed by atoms with Crippen molar-refractivity contribution in [1.82, 2.24) is 0 Å². The van der Waals surface area contributed by atoms with Crippen LogP contribution in [-0.2, 0) is 14.3 Å². The first-order valence-electron chi connectivity index (χ1n) is 6.32. The van der Waals surface area contributed by atoms with Gasteiger partial charge in [0.1, 0.15) is 0 Å². The molecule has 2 unspecified atom stereocenters. The van der Waals surface area contributed by atoms with E-state index in [0.717, 1.165) is 12.8 Å². The van der Waals surface area contributed by atoms with Crippen molar-refractivity contribution in [2.24, 2.45) is 11.8 Å². The van der Waals surface area contributed by atoms with Gasteiger partial charge in [-0.05, 0) is 18.4 Å². The van der Waals surface area contributed by atoms with Gasteiger partial charge in [-0.2, -0.15) is 0 Å². The zero-order valence-electron chi connectivity index (χ0n) is 10.6. The van der Waals surface area contributed by atoms with Gasteiger partial charge in [0.15, 0.2) is 0 Å². The lowest BCUT2D eigenvalue weighted by atomic mass is 9.86. The van der Waals surface area contributed by atoms with Crippen molar-refractivity contribution < 1.29 is 14.3 Å². The first-order valence-corrected chi connectivity index (χ1v) is 6.32. The van der Waals surface area contributed by atoms with Crippen molar-refractivity contribution in [2.45, 2.75) is 12.8 Å². The van der Waals surface area contributed by atoms with Crippen molar-refractivity contribution in [1.29, 1.82) is 0 Å². The molecule has 0 N–H and O–H groups in total. The van der Waals surface area contributed by atoms with Crippen molar-refractivity contribution in [3.8, 4) is 0 Å². The maximum Gasteiger partial charge on any atom is 0.321 e. The molecule has 0 bridgehead atoms. The Morgan fingerprint density at radius 2 is 1.89 bits per heavy atom. The van der Waals surface area contributed by atoms with Crippen molar-refractivity contribution in [2.75, 3.05) is 0 Å². The third-order valence-electron chi connectivity index (χ3n) is 3.23. The molecule has 0 saturated carbocycles. The minimum absolute atomic E-state index is 0.188. The van der Waals surface area contributed by atoms with Crippen molar-refractivity contribution in [3.63, 3.8) is 0 Å². The van der Waals surface area contributed by atoms with Gasteiger partial charge in [-0.3, -0.25) is 9.59 Å². The Labute approximate surface area is 112 Å². The Hall–Kier alpha value is -2.16. The second-order valence-corrected chi connectivity index (χ2v) is 4.49. The van der Waals surface area contributed by atoms with Crippen LogP contribution in [0.4, 0.5) is 0 Å². The standard InChI is InChI=1S/C8H8O3.C8H8/c9-7-5-3-1-2-4-6(5)8(10)11-7;1-2-8-6-4-3-5-7-8/h1,3,5-6H,2,4H2;2-7H,1H2. The Morgan fingerprint density at radius 3 is 2.47 bits per heavy atom. The first-order chi connectivity index (χ1) is 9.22. The van der Waals surface area contributed by atoms with E-state index in [-0.39, 0.29) is 23.8 Å². The lowest BCUT2D eigenvalue weighted by Crippen LogP contribution is -2.17. The number of carbonyl (C=O) groups excluding carboxylic acids is 2. The second-order valence-electron chi connectivity index (χ2n) is 4.49. The van der Waals surface area contributed by atoms with Gasteiger partial charge in [0, 0.05) is 0 Å². The molecule has 1 aromatic rings. The number of rotatable bonds is 1. The number of hydrogen-bond acceptors (Lipinski definition) is 3. The third-order valence-corrected chi connectivity index (χ3v) is 3.23. The van der Waals surface area contributed by atoms with Crippen LogP contribution >= 0.6 is 0 Å². The first kappa shape index (κ1) is 13.3. The number of cyclic esters (lactones) is 2. The van der Waals surface area contributed by atoms with Gasteiger partial charge in [-0.1, -0.05) is 55.1 Å². The molecule has 1 heterocycles. The SMILES string of the molecule is C=Cc1ccccc1.O=C1OC(=O)C2CCC=CC12. The summed E-state index contributed by atoms with van der Waals surface area (Å²) in [7, 11) is 0. The number of ether oxygens (including phenoxy) is 1. The fourth-order valence-corrected chi connectivity index (χ4v) is 2.17. The summed E-state index contributed by atoms with van der Waals surface area (Å²) in [6.07, 6.45) is 7.18. The van der Waals surface area contributed by atoms with Crippen LogP contribution in [0.2, 0.25) is 0 Å². The van der Waals surface area contributed by atoms with Gasteiger partial charge >= 0.3 is 11.9 Å². The van der Waals surface area contributed by atoms with Gasteiger partial charge in [0.2, 0.25) is 0 Å². The van der Waals surface area contributed by atoms with Gasteiger partial charge in [0.05, 0.1) is 11.8 Å². The van der Waals surface area contributed by atoms with E-state index < -0.39 is 0 Å². The topological polar surface area (TPSA) is 43.4 Å². The van der Waals surface area contributed by atoms with Crippen LogP contribution in [0.3, 0.4) is 0 Å². The highest BCUT2D eigenvalue weighted by molar-refractivity contribution is 5.97. The fourth-order valence-electron chi connectivity index (χ4n) is 2.17. The Bertz CT molecular complexity index is 502. The fraction of sp³-hybridized carbons (Fsp3) is 0.250. The number of allylic oxidation sites excluding steroid dienone is 1. The zero-order chi connectivity index (χ0) is 13.7. The molecule has 1 aliphatic heterocycles. The molecule has 1 aliphatic carbocycles. The van der Waals surface area contributed by atoms with E-state index in [1.807, 2.05) is 42.5 Å². The number of esters is 2. The predicted molar refractivity (Wildman–Crippen MR) is 73.0 cm³/mol. The van der Waals surface area contributed by atoms with Crippen LogP contribution in [0.25, 0.3) is 6.08 Å². The predicted octanol–water partition coefficient (Wildman–Crippen LogP) is 2.98. The lowest BCUT2D eigenvalue weighted by Gasteiger charge is -2.12. The average Bonchev–Trinajstić information content (AvgIpc) is 2.76. The van der Waals surface area contributed by atoms with Crippen LogP contribution in [0, 0.1) is 11.8 Å². The molecule has 3 heteroatoms. The largest absolute Gasteiger partial charge is 0.392 e. The summed E-state index contributed by atoms with van der Waals surface area (Å²) in [5.41, 5.74) is 1.17. The normalized spacial score (nSPS) is 24.0. The quantitative estimate of drug-likeness (QED) is 0.441. The minimum Gasteiger partial charge on any atom is -0.392 e. The summed E-state index contributed by atoms with van der Waals surface area (Å²) >= 11 is 0. The van der Waals surface area contributed by atoms with E-state index >= 15 is 0 Å². The molecule has 1 aromatic carbocycles. The summed E-state index contributed by atoms with van der Waals surface area (Å²) < 4.78 is 4.48. The number of carbonyl (C=O) groups is 2. The lowest BCUT2D eigenvalue weighted by molar-refractivity contribution is -0.153. The molecule has 1 saturated heterocycles. The molecular formula is C16H16O3. The smallest absolute Gasteiger partial charge is 0.321 e. The highest BCUT2D eigenvalue weighted by Crippen LogP contribution is 2.32. The molecule has 2 aliphatic rings. The molecule has 0 spiro atoms. The van der Waals surface area contributed by atoms with Crippen LogP contribution in [0.1, 0.15) is 18.4 Å².